The number of carboxylic acid groups (broad SMARTS) is 1. The summed E-state index contributed by atoms with van der Waals surface area (Å²) in [7, 11) is 1.53. The highest BCUT2D eigenvalue weighted by Crippen LogP contribution is 2.23. The molecule has 1 heterocycles. The number of halogens is 1. The summed E-state index contributed by atoms with van der Waals surface area (Å²) in [4.78, 5) is 10.4. The highest BCUT2D eigenvalue weighted by atomic mass is 35.7. The summed E-state index contributed by atoms with van der Waals surface area (Å²) in [5.74, 6) is -0.840. The molecule has 0 unspecified atom stereocenters. The lowest BCUT2D eigenvalue weighted by Crippen LogP contribution is -2.04. The van der Waals surface area contributed by atoms with E-state index in [-0.39, 0.29) is 11.3 Å². The van der Waals surface area contributed by atoms with Crippen molar-refractivity contribution in [3.05, 3.63) is 11.4 Å². The molecule has 1 rings (SSSR count). The van der Waals surface area contributed by atoms with Crippen molar-refractivity contribution >= 4 is 25.7 Å². The van der Waals surface area contributed by atoms with Gasteiger partial charge in [0.05, 0.1) is 11.4 Å². The van der Waals surface area contributed by atoms with Crippen LogP contribution in [-0.2, 0) is 20.4 Å². The maximum Gasteiger partial charge on any atom is 0.303 e. The van der Waals surface area contributed by atoms with Crippen molar-refractivity contribution in [2.75, 3.05) is 0 Å². The zero-order chi connectivity index (χ0) is 13.9. The van der Waals surface area contributed by atoms with E-state index in [1.165, 1.54) is 0 Å². The van der Waals surface area contributed by atoms with E-state index >= 15 is 0 Å². The third kappa shape index (κ3) is 3.71. The Morgan fingerprint density at radius 3 is 2.44 bits per heavy atom. The number of nitrogens with zero attached hydrogens (tertiary/aromatic N) is 2. The molecule has 0 saturated carbocycles. The molecule has 1 N–H and O–H groups in total. The van der Waals surface area contributed by atoms with Crippen LogP contribution in [0.1, 0.15) is 30.7 Å². The molecular weight excluding hydrogens is 280 g/mol. The fraction of sp³-hybridized carbons (Fsp3) is 0.600. The second-order valence-corrected chi connectivity index (χ2v) is 6.51. The van der Waals surface area contributed by atoms with Gasteiger partial charge in [0.1, 0.15) is 4.90 Å². The molecule has 0 aromatic carbocycles. The minimum Gasteiger partial charge on any atom is -0.481 e. The molecule has 1 aromatic heterocycles. The van der Waals surface area contributed by atoms with E-state index in [0.29, 0.717) is 30.8 Å². The predicted octanol–water partition coefficient (Wildman–Crippen LogP) is 1.68. The van der Waals surface area contributed by atoms with Gasteiger partial charge in [0.25, 0.3) is 9.05 Å². The van der Waals surface area contributed by atoms with Gasteiger partial charge in [0.15, 0.2) is 0 Å². The van der Waals surface area contributed by atoms with Gasteiger partial charge >= 0.3 is 5.97 Å². The van der Waals surface area contributed by atoms with Crippen LogP contribution in [0.3, 0.4) is 0 Å². The number of aliphatic carboxylic acids is 1. The number of carbonyl (C=O) groups is 1. The zero-order valence-corrected chi connectivity index (χ0v) is 11.8. The van der Waals surface area contributed by atoms with Crippen molar-refractivity contribution in [3.63, 3.8) is 0 Å². The van der Waals surface area contributed by atoms with Crippen molar-refractivity contribution in [1.29, 1.82) is 0 Å². The maximum atomic E-state index is 11.3. The van der Waals surface area contributed by atoms with Crippen molar-refractivity contribution in [2.24, 2.45) is 0 Å². The van der Waals surface area contributed by atoms with Crippen LogP contribution in [0.15, 0.2) is 4.90 Å². The first-order valence-electron chi connectivity index (χ1n) is 5.44. The van der Waals surface area contributed by atoms with Gasteiger partial charge in [-0.1, -0.05) is 0 Å². The van der Waals surface area contributed by atoms with Gasteiger partial charge in [-0.15, -0.1) is 0 Å². The van der Waals surface area contributed by atoms with E-state index < -0.39 is 15.0 Å². The smallest absolute Gasteiger partial charge is 0.303 e. The van der Waals surface area contributed by atoms with Gasteiger partial charge in [-0.25, -0.2) is 8.42 Å². The minimum absolute atomic E-state index is 0.0439. The lowest BCUT2D eigenvalue weighted by Gasteiger charge is -2.03. The fourth-order valence-corrected chi connectivity index (χ4v) is 3.31. The molecule has 0 fully saturated rings. The Hall–Kier alpha value is -1.08. The van der Waals surface area contributed by atoms with Crippen LogP contribution in [0.4, 0.5) is 0 Å². The summed E-state index contributed by atoms with van der Waals surface area (Å²) in [6, 6.07) is 0. The Bertz CT molecular complexity index is 550. The van der Waals surface area contributed by atoms with Crippen LogP contribution >= 0.6 is 10.7 Å². The molecule has 0 radical (unpaired) electrons. The molecule has 0 aliphatic carbocycles. The number of rotatable bonds is 6. The van der Waals surface area contributed by atoms with Crippen molar-refractivity contribution in [1.82, 2.24) is 9.78 Å². The first-order valence-corrected chi connectivity index (χ1v) is 7.75. The van der Waals surface area contributed by atoms with Crippen LogP contribution in [0, 0.1) is 13.8 Å². The van der Waals surface area contributed by atoms with Crippen LogP contribution in [-0.4, -0.2) is 29.3 Å². The molecule has 0 aliphatic rings. The van der Waals surface area contributed by atoms with E-state index in [1.54, 1.807) is 18.5 Å². The van der Waals surface area contributed by atoms with Crippen LogP contribution in [0.5, 0.6) is 0 Å². The highest BCUT2D eigenvalue weighted by molar-refractivity contribution is 8.13. The average Bonchev–Trinajstić information content (AvgIpc) is 2.47. The second kappa shape index (κ2) is 5.71. The second-order valence-electron chi connectivity index (χ2n) is 4.01. The van der Waals surface area contributed by atoms with Crippen molar-refractivity contribution in [2.45, 2.75) is 44.6 Å². The van der Waals surface area contributed by atoms with Gasteiger partial charge in [-0.05, 0) is 26.7 Å². The molecule has 102 valence electrons. The molecule has 1 aromatic rings. The van der Waals surface area contributed by atoms with Gasteiger partial charge in [0.2, 0.25) is 0 Å². The predicted molar refractivity (Wildman–Crippen MR) is 66.2 cm³/mol. The van der Waals surface area contributed by atoms with E-state index in [2.05, 4.69) is 5.10 Å². The molecule has 8 heteroatoms. The molecule has 0 bridgehead atoms. The molecule has 0 aliphatic heterocycles. The first kappa shape index (κ1) is 15.0. The van der Waals surface area contributed by atoms with Crippen LogP contribution in [0.2, 0.25) is 0 Å². The average molecular weight is 295 g/mol. The summed E-state index contributed by atoms with van der Waals surface area (Å²) in [6.45, 7) is 3.69. The molecule has 0 saturated heterocycles. The number of hydrogen-bond acceptors (Lipinski definition) is 4. The van der Waals surface area contributed by atoms with Crippen LogP contribution < -0.4 is 0 Å². The quantitative estimate of drug-likeness (QED) is 0.637. The molecular formula is C10H15ClN2O4S. The molecule has 0 amide bonds. The van der Waals surface area contributed by atoms with E-state index in [4.69, 9.17) is 15.8 Å². The fourth-order valence-electron chi connectivity index (χ4n) is 1.79. The summed E-state index contributed by atoms with van der Waals surface area (Å²) in [5.41, 5.74) is 0.846. The van der Waals surface area contributed by atoms with Gasteiger partial charge in [-0.2, -0.15) is 5.10 Å². The normalized spacial score (nSPS) is 11.7. The Morgan fingerprint density at radius 2 is 2.00 bits per heavy atom. The minimum atomic E-state index is -3.79. The maximum absolute atomic E-state index is 11.3. The number of aromatic nitrogens is 2. The van der Waals surface area contributed by atoms with E-state index in [0.717, 1.165) is 0 Å². The first-order chi connectivity index (χ1) is 8.23. The summed E-state index contributed by atoms with van der Waals surface area (Å²) in [6.07, 6.45) is 1.24. The molecule has 6 nitrogen and oxygen atoms in total. The molecule has 18 heavy (non-hydrogen) atoms. The van der Waals surface area contributed by atoms with E-state index in [1.807, 2.05) is 0 Å². The Kier molecular flexibility index (Phi) is 4.75. The summed E-state index contributed by atoms with van der Waals surface area (Å²) >= 11 is 0. The van der Waals surface area contributed by atoms with Crippen molar-refractivity contribution in [3.8, 4) is 0 Å². The number of aryl methyl sites for hydroxylation is 2. The number of carboxylic acids is 1. The Balaban J connectivity index is 2.78. The third-order valence-electron chi connectivity index (χ3n) is 2.57. The topological polar surface area (TPSA) is 89.3 Å². The SMILES string of the molecule is Cc1nn(CCCCC(=O)O)c(C)c1S(=O)(=O)Cl. The zero-order valence-electron chi connectivity index (χ0n) is 10.2. The van der Waals surface area contributed by atoms with Gasteiger partial charge in [0, 0.05) is 23.6 Å². The third-order valence-corrected chi connectivity index (χ3v) is 4.11. The molecule has 0 atom stereocenters. The van der Waals surface area contributed by atoms with Gasteiger partial charge in [-0.3, -0.25) is 9.48 Å². The Labute approximate surface area is 110 Å². The van der Waals surface area contributed by atoms with Gasteiger partial charge < -0.3 is 5.11 Å². The number of hydrogen-bond donors (Lipinski definition) is 1. The van der Waals surface area contributed by atoms with Crippen molar-refractivity contribution < 1.29 is 18.3 Å². The standard InChI is InChI=1S/C10H15ClN2O4S/c1-7-10(18(11,16)17)8(2)13(12-7)6-4-3-5-9(14)15/h3-6H2,1-2H3,(H,14,15). The Morgan fingerprint density at radius 1 is 1.39 bits per heavy atom. The highest BCUT2D eigenvalue weighted by Gasteiger charge is 2.22. The number of unbranched alkanes of at least 4 members (excludes halogenated alkanes) is 1. The largest absolute Gasteiger partial charge is 0.481 e. The molecule has 0 spiro atoms. The van der Waals surface area contributed by atoms with E-state index in [9.17, 15) is 13.2 Å². The van der Waals surface area contributed by atoms with Crippen LogP contribution in [0.25, 0.3) is 0 Å². The lowest BCUT2D eigenvalue weighted by atomic mass is 10.2. The summed E-state index contributed by atoms with van der Waals surface area (Å²) in [5, 5.41) is 12.6. The monoisotopic (exact) mass is 294 g/mol. The lowest BCUT2D eigenvalue weighted by molar-refractivity contribution is -0.137. The summed E-state index contributed by atoms with van der Waals surface area (Å²) < 4.78 is 24.2.